The number of hydrogen-bond donors (Lipinski definition) is 0. The standard InChI is InChI=1S/C25H33F6N3O2/c1-17-4-3-7-34(13-17)21-11-19(10-20(12-21)25(29,30)31)14-32-15-23(16-32)5-8-33(9-6-23)22(35)36-18(2)24(26,27)28/h10-12,17-18H,3-9,13-16H2,1-2H3. The number of amides is 1. The van der Waals surface area contributed by atoms with Gasteiger partial charge in [0.25, 0.3) is 0 Å². The number of halogens is 6. The summed E-state index contributed by atoms with van der Waals surface area (Å²) in [6.07, 6.45) is -8.86. The van der Waals surface area contributed by atoms with Gasteiger partial charge in [0.1, 0.15) is 0 Å². The molecule has 1 spiro atoms. The highest BCUT2D eigenvalue weighted by molar-refractivity contribution is 5.68. The van der Waals surface area contributed by atoms with E-state index in [1.165, 1.54) is 17.0 Å². The molecule has 3 aliphatic heterocycles. The molecular formula is C25H33F6N3O2. The van der Waals surface area contributed by atoms with Crippen LogP contribution >= 0.6 is 0 Å². The average Bonchev–Trinajstić information content (AvgIpc) is 2.77. The van der Waals surface area contributed by atoms with Crippen molar-refractivity contribution in [2.75, 3.05) is 44.2 Å². The van der Waals surface area contributed by atoms with Crippen LogP contribution in [-0.4, -0.2) is 67.4 Å². The van der Waals surface area contributed by atoms with Gasteiger partial charge >= 0.3 is 18.4 Å². The predicted octanol–water partition coefficient (Wildman–Crippen LogP) is 5.93. The maximum atomic E-state index is 13.6. The van der Waals surface area contributed by atoms with E-state index in [4.69, 9.17) is 0 Å². The number of likely N-dealkylation sites (tertiary alicyclic amines) is 2. The zero-order chi connectivity index (χ0) is 26.3. The first-order chi connectivity index (χ1) is 16.7. The van der Waals surface area contributed by atoms with Crippen LogP contribution in [0.4, 0.5) is 36.8 Å². The molecule has 1 aromatic rings. The van der Waals surface area contributed by atoms with E-state index < -0.39 is 30.1 Å². The van der Waals surface area contributed by atoms with Crippen LogP contribution in [0.2, 0.25) is 0 Å². The summed E-state index contributed by atoms with van der Waals surface area (Å²) in [4.78, 5) is 17.5. The smallest absolute Gasteiger partial charge is 0.425 e. The molecule has 3 aliphatic rings. The van der Waals surface area contributed by atoms with Gasteiger partial charge in [0.05, 0.1) is 5.56 Å². The number of alkyl halides is 6. The minimum Gasteiger partial charge on any atom is -0.437 e. The fraction of sp³-hybridized carbons (Fsp3) is 0.720. The fourth-order valence-corrected chi connectivity index (χ4v) is 5.58. The lowest BCUT2D eigenvalue weighted by atomic mass is 9.72. The fourth-order valence-electron chi connectivity index (χ4n) is 5.58. The van der Waals surface area contributed by atoms with Crippen LogP contribution in [-0.2, 0) is 17.5 Å². The lowest BCUT2D eigenvalue weighted by molar-refractivity contribution is -0.200. The molecule has 3 fully saturated rings. The van der Waals surface area contributed by atoms with Gasteiger partial charge in [0.15, 0.2) is 6.10 Å². The van der Waals surface area contributed by atoms with E-state index in [2.05, 4.69) is 16.6 Å². The van der Waals surface area contributed by atoms with Crippen LogP contribution in [0, 0.1) is 11.3 Å². The molecular weight excluding hydrogens is 488 g/mol. The first-order valence-corrected chi connectivity index (χ1v) is 12.4. The second kappa shape index (κ2) is 9.95. The van der Waals surface area contributed by atoms with E-state index >= 15 is 0 Å². The molecule has 0 aromatic heterocycles. The van der Waals surface area contributed by atoms with Crippen molar-refractivity contribution >= 4 is 11.8 Å². The summed E-state index contributed by atoms with van der Waals surface area (Å²) in [5.74, 6) is 0.437. The van der Waals surface area contributed by atoms with Crippen LogP contribution in [0.1, 0.15) is 50.7 Å². The summed E-state index contributed by atoms with van der Waals surface area (Å²) in [5.41, 5.74) is 0.527. The first kappa shape index (κ1) is 26.9. The second-order valence-electron chi connectivity index (χ2n) is 10.8. The third kappa shape index (κ3) is 6.20. The van der Waals surface area contributed by atoms with E-state index in [-0.39, 0.29) is 5.41 Å². The Kier molecular flexibility index (Phi) is 7.43. The molecule has 0 saturated carbocycles. The van der Waals surface area contributed by atoms with Crippen LogP contribution in [0.3, 0.4) is 0 Å². The van der Waals surface area contributed by atoms with E-state index in [1.54, 1.807) is 0 Å². The van der Waals surface area contributed by atoms with Crippen molar-refractivity contribution in [3.63, 3.8) is 0 Å². The van der Waals surface area contributed by atoms with E-state index in [0.717, 1.165) is 32.9 Å². The normalized spacial score (nSPS) is 23.9. The molecule has 1 aromatic carbocycles. The van der Waals surface area contributed by atoms with E-state index in [0.29, 0.717) is 62.7 Å². The maximum Gasteiger partial charge on any atom is 0.425 e. The van der Waals surface area contributed by atoms with Gasteiger partial charge in [-0.3, -0.25) is 4.90 Å². The van der Waals surface area contributed by atoms with Gasteiger partial charge in [0.2, 0.25) is 0 Å². The molecule has 0 aliphatic carbocycles. The average molecular weight is 522 g/mol. The number of piperidine rings is 2. The van der Waals surface area contributed by atoms with Crippen LogP contribution in [0.15, 0.2) is 18.2 Å². The Balaban J connectivity index is 1.34. The SMILES string of the molecule is CC1CCCN(c2cc(CN3CC4(CCN(C(=O)OC(C)C(F)(F)F)CC4)C3)cc(C(F)(F)F)c2)C1. The summed E-state index contributed by atoms with van der Waals surface area (Å²) >= 11 is 0. The number of ether oxygens (including phenoxy) is 1. The summed E-state index contributed by atoms with van der Waals surface area (Å²) in [7, 11) is 0. The van der Waals surface area contributed by atoms with Gasteiger partial charge in [-0.15, -0.1) is 0 Å². The second-order valence-corrected chi connectivity index (χ2v) is 10.8. The highest BCUT2D eigenvalue weighted by atomic mass is 19.4. The lowest BCUT2D eigenvalue weighted by Crippen LogP contribution is -2.60. The summed E-state index contributed by atoms with van der Waals surface area (Å²) < 4.78 is 83.4. The highest BCUT2D eigenvalue weighted by Crippen LogP contribution is 2.42. The number of hydrogen-bond acceptors (Lipinski definition) is 4. The molecule has 11 heteroatoms. The largest absolute Gasteiger partial charge is 0.437 e. The number of rotatable bonds is 4. The highest BCUT2D eigenvalue weighted by Gasteiger charge is 2.46. The number of nitrogens with zero attached hydrogens (tertiary/aromatic N) is 3. The molecule has 5 nitrogen and oxygen atoms in total. The third-order valence-electron chi connectivity index (χ3n) is 7.67. The van der Waals surface area contributed by atoms with Gasteiger partial charge < -0.3 is 14.5 Å². The van der Waals surface area contributed by atoms with Gasteiger partial charge in [-0.05, 0) is 67.7 Å². The first-order valence-electron chi connectivity index (χ1n) is 12.4. The summed E-state index contributed by atoms with van der Waals surface area (Å²) in [5, 5.41) is 0. The van der Waals surface area contributed by atoms with Gasteiger partial charge in [-0.2, -0.15) is 26.3 Å². The summed E-state index contributed by atoms with van der Waals surface area (Å²) in [6, 6.07) is 4.33. The van der Waals surface area contributed by atoms with Gasteiger partial charge in [0, 0.05) is 51.5 Å². The molecule has 0 radical (unpaired) electrons. The Morgan fingerprint density at radius 2 is 1.75 bits per heavy atom. The van der Waals surface area contributed by atoms with Gasteiger partial charge in [-0.1, -0.05) is 6.92 Å². The quantitative estimate of drug-likeness (QED) is 0.461. The Hall–Kier alpha value is -2.17. The van der Waals surface area contributed by atoms with Crippen molar-refractivity contribution < 1.29 is 35.9 Å². The molecule has 2 atom stereocenters. The topological polar surface area (TPSA) is 36.0 Å². The number of carbonyl (C=O) groups excluding carboxylic acids is 1. The predicted molar refractivity (Wildman–Crippen MR) is 123 cm³/mol. The monoisotopic (exact) mass is 521 g/mol. The third-order valence-corrected chi connectivity index (χ3v) is 7.67. The minimum atomic E-state index is -4.60. The van der Waals surface area contributed by atoms with Crippen molar-refractivity contribution in [2.45, 2.75) is 64.5 Å². The Bertz CT molecular complexity index is 935. The van der Waals surface area contributed by atoms with Crippen molar-refractivity contribution in [2.24, 2.45) is 11.3 Å². The van der Waals surface area contributed by atoms with Crippen molar-refractivity contribution in [1.29, 1.82) is 0 Å². The van der Waals surface area contributed by atoms with Crippen molar-refractivity contribution in [3.05, 3.63) is 29.3 Å². The molecule has 4 rings (SSSR count). The number of carbonyl (C=O) groups is 1. The van der Waals surface area contributed by atoms with Crippen LogP contribution in [0.5, 0.6) is 0 Å². The van der Waals surface area contributed by atoms with E-state index in [1.807, 2.05) is 11.0 Å². The molecule has 3 heterocycles. The maximum absolute atomic E-state index is 13.6. The number of anilines is 1. The zero-order valence-corrected chi connectivity index (χ0v) is 20.6. The van der Waals surface area contributed by atoms with Crippen LogP contribution in [0.25, 0.3) is 0 Å². The lowest BCUT2D eigenvalue weighted by Gasteiger charge is -2.54. The van der Waals surface area contributed by atoms with Crippen molar-refractivity contribution in [3.8, 4) is 0 Å². The molecule has 3 saturated heterocycles. The molecule has 202 valence electrons. The van der Waals surface area contributed by atoms with Crippen molar-refractivity contribution in [1.82, 2.24) is 9.80 Å². The Morgan fingerprint density at radius 3 is 2.33 bits per heavy atom. The molecule has 0 N–H and O–H groups in total. The van der Waals surface area contributed by atoms with Crippen LogP contribution < -0.4 is 4.90 Å². The molecule has 2 unspecified atom stereocenters. The molecule has 0 bridgehead atoms. The molecule has 36 heavy (non-hydrogen) atoms. The van der Waals surface area contributed by atoms with Gasteiger partial charge in [-0.25, -0.2) is 4.79 Å². The molecule has 1 amide bonds. The summed E-state index contributed by atoms with van der Waals surface area (Å²) in [6.45, 7) is 6.78. The zero-order valence-electron chi connectivity index (χ0n) is 20.6. The Labute approximate surface area is 207 Å². The van der Waals surface area contributed by atoms with E-state index in [9.17, 15) is 31.1 Å². The minimum absolute atomic E-state index is 0.0702. The Morgan fingerprint density at radius 1 is 1.08 bits per heavy atom. The number of benzene rings is 1.